The van der Waals surface area contributed by atoms with E-state index in [9.17, 15) is 13.2 Å². The van der Waals surface area contributed by atoms with Gasteiger partial charge in [0.05, 0.1) is 17.9 Å². The number of aromatic nitrogens is 3. The van der Waals surface area contributed by atoms with Crippen molar-refractivity contribution in [2.24, 2.45) is 12.8 Å². The number of nitrogens with two attached hydrogens (primary N) is 1. The fourth-order valence-corrected chi connectivity index (χ4v) is 1.63. The Morgan fingerprint density at radius 1 is 1.26 bits per heavy atom. The third-order valence-electron chi connectivity index (χ3n) is 2.54. The number of rotatable bonds is 3. The topological polar surface area (TPSA) is 66.0 Å². The van der Waals surface area contributed by atoms with Gasteiger partial charge in [-0.2, -0.15) is 0 Å². The van der Waals surface area contributed by atoms with Crippen LogP contribution in [-0.2, 0) is 7.05 Å². The van der Waals surface area contributed by atoms with Crippen LogP contribution in [0, 0.1) is 0 Å². The Bertz CT molecular complexity index is 550. The summed E-state index contributed by atoms with van der Waals surface area (Å²) in [6.07, 6.45) is -3.19. The Kier molecular flexibility index (Phi) is 3.43. The van der Waals surface area contributed by atoms with Gasteiger partial charge in [-0.15, -0.1) is 18.3 Å². The minimum atomic E-state index is -4.70. The lowest BCUT2D eigenvalue weighted by atomic mass is 10.1. The predicted molar refractivity (Wildman–Crippen MR) is 60.2 cm³/mol. The maximum Gasteiger partial charge on any atom is 0.573 e. The summed E-state index contributed by atoms with van der Waals surface area (Å²) in [7, 11) is 1.68. The fraction of sp³-hybridized carbons (Fsp3) is 0.273. The summed E-state index contributed by atoms with van der Waals surface area (Å²) in [6, 6.07) is 4.86. The summed E-state index contributed by atoms with van der Waals surface area (Å²) >= 11 is 0. The van der Waals surface area contributed by atoms with Gasteiger partial charge in [0, 0.05) is 7.05 Å². The summed E-state index contributed by atoms with van der Waals surface area (Å²) in [4.78, 5) is 0. The molecule has 1 atom stereocenters. The molecule has 1 aromatic carbocycles. The van der Waals surface area contributed by atoms with Gasteiger partial charge in [-0.05, 0) is 17.7 Å². The molecule has 8 heteroatoms. The van der Waals surface area contributed by atoms with Crippen LogP contribution in [0.4, 0.5) is 13.2 Å². The van der Waals surface area contributed by atoms with Crippen LogP contribution in [0.1, 0.15) is 17.3 Å². The van der Waals surface area contributed by atoms with Gasteiger partial charge in [0.2, 0.25) is 0 Å². The van der Waals surface area contributed by atoms with E-state index in [1.165, 1.54) is 35.1 Å². The average molecular weight is 272 g/mol. The highest BCUT2D eigenvalue weighted by Gasteiger charge is 2.31. The van der Waals surface area contributed by atoms with Gasteiger partial charge >= 0.3 is 6.36 Å². The van der Waals surface area contributed by atoms with Gasteiger partial charge in [0.1, 0.15) is 5.75 Å². The highest BCUT2D eigenvalue weighted by molar-refractivity contribution is 5.32. The minimum absolute atomic E-state index is 0.286. The molecule has 19 heavy (non-hydrogen) atoms. The number of halogens is 3. The van der Waals surface area contributed by atoms with Crippen LogP contribution >= 0.6 is 0 Å². The molecule has 0 amide bonds. The smallest absolute Gasteiger partial charge is 0.406 e. The van der Waals surface area contributed by atoms with E-state index in [-0.39, 0.29) is 5.75 Å². The van der Waals surface area contributed by atoms with Crippen LogP contribution < -0.4 is 10.5 Å². The van der Waals surface area contributed by atoms with Crippen molar-refractivity contribution >= 4 is 0 Å². The number of aryl methyl sites for hydroxylation is 1. The predicted octanol–water partition coefficient (Wildman–Crippen LogP) is 1.76. The lowest BCUT2D eigenvalue weighted by Crippen LogP contribution is -2.18. The van der Waals surface area contributed by atoms with Crippen LogP contribution in [0.25, 0.3) is 0 Å². The molecule has 1 heterocycles. The summed E-state index contributed by atoms with van der Waals surface area (Å²) in [5.41, 5.74) is 7.27. The number of benzene rings is 1. The Labute approximate surface area is 106 Å². The largest absolute Gasteiger partial charge is 0.573 e. The van der Waals surface area contributed by atoms with Crippen molar-refractivity contribution in [3.63, 3.8) is 0 Å². The molecule has 0 spiro atoms. The first-order valence-corrected chi connectivity index (χ1v) is 5.32. The molecule has 0 bridgehead atoms. The average Bonchev–Trinajstić information content (AvgIpc) is 2.73. The zero-order valence-electron chi connectivity index (χ0n) is 9.93. The van der Waals surface area contributed by atoms with Crippen molar-refractivity contribution in [1.82, 2.24) is 15.0 Å². The molecule has 2 N–H and O–H groups in total. The van der Waals surface area contributed by atoms with E-state index < -0.39 is 12.4 Å². The van der Waals surface area contributed by atoms with E-state index in [0.29, 0.717) is 11.3 Å². The second kappa shape index (κ2) is 4.88. The fourth-order valence-electron chi connectivity index (χ4n) is 1.63. The van der Waals surface area contributed by atoms with E-state index in [1.807, 2.05) is 0 Å². The number of hydrogen-bond acceptors (Lipinski definition) is 4. The Hall–Kier alpha value is -2.09. The first-order chi connectivity index (χ1) is 8.87. The molecular weight excluding hydrogens is 261 g/mol. The third-order valence-corrected chi connectivity index (χ3v) is 2.54. The molecule has 0 saturated carbocycles. The molecule has 1 unspecified atom stereocenters. The maximum absolute atomic E-state index is 12.0. The Morgan fingerprint density at radius 3 is 2.37 bits per heavy atom. The first-order valence-electron chi connectivity index (χ1n) is 5.32. The number of nitrogens with zero attached hydrogens (tertiary/aromatic N) is 3. The molecule has 2 aromatic rings. The van der Waals surface area contributed by atoms with Crippen molar-refractivity contribution in [2.75, 3.05) is 0 Å². The normalized spacial score (nSPS) is 13.3. The molecule has 0 fully saturated rings. The van der Waals surface area contributed by atoms with E-state index in [1.54, 1.807) is 7.05 Å². The van der Waals surface area contributed by atoms with Crippen molar-refractivity contribution in [2.45, 2.75) is 12.4 Å². The molecule has 0 aliphatic rings. The summed E-state index contributed by atoms with van der Waals surface area (Å²) in [6.45, 7) is 0. The van der Waals surface area contributed by atoms with Crippen molar-refractivity contribution in [3.8, 4) is 5.75 Å². The zero-order chi connectivity index (χ0) is 14.0. The molecule has 0 saturated heterocycles. The summed E-state index contributed by atoms with van der Waals surface area (Å²) in [5.74, 6) is -0.286. The molecule has 0 aliphatic carbocycles. The van der Waals surface area contributed by atoms with Crippen LogP contribution in [0.3, 0.4) is 0 Å². The summed E-state index contributed by atoms with van der Waals surface area (Å²) in [5, 5.41) is 7.44. The van der Waals surface area contributed by atoms with Crippen LogP contribution in [0.5, 0.6) is 5.75 Å². The molecule has 5 nitrogen and oxygen atoms in total. The van der Waals surface area contributed by atoms with E-state index >= 15 is 0 Å². The maximum atomic E-state index is 12.0. The quantitative estimate of drug-likeness (QED) is 0.924. The highest BCUT2D eigenvalue weighted by Crippen LogP contribution is 2.25. The van der Waals surface area contributed by atoms with Crippen molar-refractivity contribution < 1.29 is 17.9 Å². The van der Waals surface area contributed by atoms with Gasteiger partial charge in [-0.3, -0.25) is 4.68 Å². The molecule has 0 radical (unpaired) electrons. The van der Waals surface area contributed by atoms with Crippen molar-refractivity contribution in [1.29, 1.82) is 0 Å². The molecule has 1 aromatic heterocycles. The first kappa shape index (κ1) is 13.3. The number of ether oxygens (including phenoxy) is 1. The monoisotopic (exact) mass is 272 g/mol. The zero-order valence-corrected chi connectivity index (χ0v) is 9.93. The standard InChI is InChI=1S/C11H11F3N4O/c1-18-9(6-16-17-18)10(15)7-2-4-8(5-3-7)19-11(12,13)14/h2-6,10H,15H2,1H3. The minimum Gasteiger partial charge on any atom is -0.406 e. The van der Waals surface area contributed by atoms with Crippen LogP contribution in [-0.4, -0.2) is 21.4 Å². The number of hydrogen-bond donors (Lipinski definition) is 1. The van der Waals surface area contributed by atoms with Gasteiger partial charge in [-0.25, -0.2) is 0 Å². The number of alkyl halides is 3. The Balaban J connectivity index is 2.17. The lowest BCUT2D eigenvalue weighted by Gasteiger charge is -2.13. The van der Waals surface area contributed by atoms with Gasteiger partial charge in [0.15, 0.2) is 0 Å². The van der Waals surface area contributed by atoms with Crippen LogP contribution in [0.2, 0.25) is 0 Å². The molecule has 2 rings (SSSR count). The SMILES string of the molecule is Cn1nncc1C(N)c1ccc(OC(F)(F)F)cc1. The molecular formula is C11H11F3N4O. The lowest BCUT2D eigenvalue weighted by molar-refractivity contribution is -0.274. The van der Waals surface area contributed by atoms with E-state index in [4.69, 9.17) is 5.73 Å². The van der Waals surface area contributed by atoms with Gasteiger partial charge in [0.25, 0.3) is 0 Å². The second-order valence-corrected chi connectivity index (χ2v) is 3.88. The van der Waals surface area contributed by atoms with E-state index in [0.717, 1.165) is 0 Å². The molecule has 0 aliphatic heterocycles. The van der Waals surface area contributed by atoms with Gasteiger partial charge < -0.3 is 10.5 Å². The second-order valence-electron chi connectivity index (χ2n) is 3.88. The van der Waals surface area contributed by atoms with Crippen LogP contribution in [0.15, 0.2) is 30.5 Å². The third kappa shape index (κ3) is 3.22. The van der Waals surface area contributed by atoms with E-state index in [2.05, 4.69) is 15.0 Å². The van der Waals surface area contributed by atoms with Crippen molar-refractivity contribution in [3.05, 3.63) is 41.7 Å². The Morgan fingerprint density at radius 2 is 1.89 bits per heavy atom. The van der Waals surface area contributed by atoms with Gasteiger partial charge in [-0.1, -0.05) is 17.3 Å². The highest BCUT2D eigenvalue weighted by atomic mass is 19.4. The summed E-state index contributed by atoms with van der Waals surface area (Å²) < 4.78 is 41.3. The molecule has 102 valence electrons.